The molecule has 2 atom stereocenters. The summed E-state index contributed by atoms with van der Waals surface area (Å²) in [5.74, 6) is 0.538. The zero-order chi connectivity index (χ0) is 26.2. The number of hydrogen-bond donors (Lipinski definition) is 1. The normalized spacial score (nSPS) is 18.6. The standard InChI is InChI=1S/C27H36N4O6/c1-34-22-14-18(15-23(35-2)25(22)36-3)24(26(32)30-19-8-5-4-6-9-19)31(17-20-10-7-13-37-20)27(33)21-16-28-11-12-29-21/h11-12,14-16,19-20,24H,4-10,13,17H2,1-3H3,(H,30,32). The number of amides is 2. The maximum absolute atomic E-state index is 14.0. The van der Waals surface area contributed by atoms with Crippen LogP contribution in [0.5, 0.6) is 17.2 Å². The molecule has 1 aliphatic carbocycles. The monoisotopic (exact) mass is 512 g/mol. The Hall–Kier alpha value is -3.40. The molecule has 37 heavy (non-hydrogen) atoms. The Morgan fingerprint density at radius 1 is 1.03 bits per heavy atom. The van der Waals surface area contributed by atoms with E-state index in [2.05, 4.69) is 15.3 Å². The van der Waals surface area contributed by atoms with E-state index < -0.39 is 11.9 Å². The number of nitrogens with one attached hydrogen (secondary N) is 1. The number of carbonyl (C=O) groups excluding carboxylic acids is 2. The van der Waals surface area contributed by atoms with E-state index in [1.165, 1.54) is 46.3 Å². The van der Waals surface area contributed by atoms with Crippen molar-refractivity contribution >= 4 is 11.8 Å². The van der Waals surface area contributed by atoms with Gasteiger partial charge in [0.1, 0.15) is 11.7 Å². The fourth-order valence-electron chi connectivity index (χ4n) is 5.13. The van der Waals surface area contributed by atoms with Crippen LogP contribution in [0.3, 0.4) is 0 Å². The van der Waals surface area contributed by atoms with Crippen molar-refractivity contribution in [3.05, 3.63) is 42.0 Å². The van der Waals surface area contributed by atoms with E-state index in [0.29, 0.717) is 29.4 Å². The maximum Gasteiger partial charge on any atom is 0.275 e. The van der Waals surface area contributed by atoms with Crippen molar-refractivity contribution in [1.82, 2.24) is 20.2 Å². The van der Waals surface area contributed by atoms with E-state index in [-0.39, 0.29) is 30.3 Å². The van der Waals surface area contributed by atoms with E-state index in [4.69, 9.17) is 18.9 Å². The molecule has 2 heterocycles. The number of ether oxygens (including phenoxy) is 4. The maximum atomic E-state index is 14.0. The van der Waals surface area contributed by atoms with Crippen LogP contribution in [-0.2, 0) is 9.53 Å². The molecule has 2 aliphatic rings. The van der Waals surface area contributed by atoms with Crippen LogP contribution >= 0.6 is 0 Å². The SMILES string of the molecule is COc1cc(C(C(=O)NC2CCCCC2)N(CC2CCCO2)C(=O)c2cnccn2)cc(OC)c1OC. The Bertz CT molecular complexity index is 1030. The van der Waals surface area contributed by atoms with Crippen molar-refractivity contribution in [3.8, 4) is 17.2 Å². The third kappa shape index (κ3) is 6.30. The smallest absolute Gasteiger partial charge is 0.275 e. The van der Waals surface area contributed by atoms with Crippen molar-refractivity contribution in [1.29, 1.82) is 0 Å². The van der Waals surface area contributed by atoms with Gasteiger partial charge < -0.3 is 29.2 Å². The molecule has 10 heteroatoms. The number of aromatic nitrogens is 2. The van der Waals surface area contributed by atoms with Crippen LogP contribution in [0.1, 0.15) is 67.0 Å². The van der Waals surface area contributed by atoms with Crippen LogP contribution in [0.4, 0.5) is 0 Å². The van der Waals surface area contributed by atoms with Gasteiger partial charge in [0.25, 0.3) is 5.91 Å². The number of hydrogen-bond acceptors (Lipinski definition) is 8. The van der Waals surface area contributed by atoms with Crippen molar-refractivity contribution < 1.29 is 28.5 Å². The second-order valence-electron chi connectivity index (χ2n) is 9.39. The zero-order valence-corrected chi connectivity index (χ0v) is 21.8. The molecule has 1 aromatic carbocycles. The summed E-state index contributed by atoms with van der Waals surface area (Å²) in [5, 5.41) is 3.21. The predicted octanol–water partition coefficient (Wildman–Crippen LogP) is 3.31. The fraction of sp³-hybridized carbons (Fsp3) is 0.556. The molecule has 0 radical (unpaired) electrons. The lowest BCUT2D eigenvalue weighted by Crippen LogP contribution is -2.49. The summed E-state index contributed by atoms with van der Waals surface area (Å²) in [6, 6.07) is 2.52. The summed E-state index contributed by atoms with van der Waals surface area (Å²) >= 11 is 0. The highest BCUT2D eigenvalue weighted by molar-refractivity contribution is 5.96. The minimum absolute atomic E-state index is 0.0574. The number of rotatable bonds is 10. The van der Waals surface area contributed by atoms with Gasteiger partial charge in [-0.05, 0) is 43.4 Å². The number of nitrogens with zero attached hydrogens (tertiary/aromatic N) is 3. The highest BCUT2D eigenvalue weighted by Crippen LogP contribution is 2.41. The van der Waals surface area contributed by atoms with Crippen LogP contribution in [0.15, 0.2) is 30.7 Å². The topological polar surface area (TPSA) is 112 Å². The van der Waals surface area contributed by atoms with Crippen molar-refractivity contribution in [2.45, 2.75) is 63.1 Å². The van der Waals surface area contributed by atoms with E-state index in [9.17, 15) is 9.59 Å². The molecule has 1 aromatic heterocycles. The lowest BCUT2D eigenvalue weighted by molar-refractivity contribution is -0.127. The minimum atomic E-state index is -0.977. The fourth-order valence-corrected chi connectivity index (χ4v) is 5.13. The number of benzene rings is 1. The minimum Gasteiger partial charge on any atom is -0.493 e. The Morgan fingerprint density at radius 3 is 2.32 bits per heavy atom. The molecule has 4 rings (SSSR count). The molecule has 10 nitrogen and oxygen atoms in total. The third-order valence-corrected chi connectivity index (χ3v) is 6.98. The zero-order valence-electron chi connectivity index (χ0n) is 21.8. The Balaban J connectivity index is 1.79. The van der Waals surface area contributed by atoms with Crippen molar-refractivity contribution in [2.75, 3.05) is 34.5 Å². The molecule has 1 saturated heterocycles. The van der Waals surface area contributed by atoms with E-state index in [1.54, 1.807) is 17.0 Å². The van der Waals surface area contributed by atoms with Crippen LogP contribution < -0.4 is 19.5 Å². The van der Waals surface area contributed by atoms with Gasteiger partial charge in [-0.3, -0.25) is 14.6 Å². The lowest BCUT2D eigenvalue weighted by atomic mass is 9.94. The van der Waals surface area contributed by atoms with E-state index in [0.717, 1.165) is 38.5 Å². The van der Waals surface area contributed by atoms with Gasteiger partial charge in [-0.2, -0.15) is 0 Å². The summed E-state index contributed by atoms with van der Waals surface area (Å²) in [7, 11) is 4.56. The first-order valence-electron chi connectivity index (χ1n) is 12.8. The molecule has 2 unspecified atom stereocenters. The Labute approximate surface area is 217 Å². The van der Waals surface area contributed by atoms with E-state index >= 15 is 0 Å². The van der Waals surface area contributed by atoms with Gasteiger partial charge in [0.2, 0.25) is 11.7 Å². The molecule has 1 aliphatic heterocycles. The van der Waals surface area contributed by atoms with Crippen molar-refractivity contribution in [3.63, 3.8) is 0 Å². The predicted molar refractivity (Wildman–Crippen MR) is 136 cm³/mol. The second kappa shape index (κ2) is 12.7. The molecule has 1 N–H and O–H groups in total. The summed E-state index contributed by atoms with van der Waals surface area (Å²) in [4.78, 5) is 37.7. The summed E-state index contributed by atoms with van der Waals surface area (Å²) < 4.78 is 22.5. The van der Waals surface area contributed by atoms with Crippen LogP contribution in [0, 0.1) is 0 Å². The van der Waals surface area contributed by atoms with Gasteiger partial charge >= 0.3 is 0 Å². The Kier molecular flexibility index (Phi) is 9.16. The molecule has 2 amide bonds. The van der Waals surface area contributed by atoms with Crippen LogP contribution in [0.2, 0.25) is 0 Å². The largest absolute Gasteiger partial charge is 0.493 e. The summed E-state index contributed by atoms with van der Waals surface area (Å²) in [5.41, 5.74) is 0.696. The second-order valence-corrected chi connectivity index (χ2v) is 9.39. The highest BCUT2D eigenvalue weighted by Gasteiger charge is 2.37. The quantitative estimate of drug-likeness (QED) is 0.516. The molecule has 0 spiro atoms. The van der Waals surface area contributed by atoms with E-state index in [1.807, 2.05) is 0 Å². The first kappa shape index (κ1) is 26.7. The molecule has 2 fully saturated rings. The average molecular weight is 513 g/mol. The molecule has 200 valence electrons. The Morgan fingerprint density at radius 2 is 1.76 bits per heavy atom. The van der Waals surface area contributed by atoms with Gasteiger partial charge in [-0.15, -0.1) is 0 Å². The number of methoxy groups -OCH3 is 3. The van der Waals surface area contributed by atoms with Crippen LogP contribution in [0.25, 0.3) is 0 Å². The van der Waals surface area contributed by atoms with Gasteiger partial charge in [0, 0.05) is 31.6 Å². The van der Waals surface area contributed by atoms with Gasteiger partial charge in [0.15, 0.2) is 11.5 Å². The molecular formula is C27H36N4O6. The van der Waals surface area contributed by atoms with Gasteiger partial charge in [-0.25, -0.2) is 4.98 Å². The molecular weight excluding hydrogens is 476 g/mol. The average Bonchev–Trinajstić information content (AvgIpc) is 3.46. The molecule has 0 bridgehead atoms. The lowest BCUT2D eigenvalue weighted by Gasteiger charge is -2.34. The highest BCUT2D eigenvalue weighted by atomic mass is 16.5. The summed E-state index contributed by atoms with van der Waals surface area (Å²) in [6.45, 7) is 0.857. The van der Waals surface area contributed by atoms with Crippen LogP contribution in [-0.4, -0.2) is 73.3 Å². The first-order valence-corrected chi connectivity index (χ1v) is 12.8. The molecule has 1 saturated carbocycles. The van der Waals surface area contributed by atoms with Gasteiger partial charge in [-0.1, -0.05) is 19.3 Å². The summed E-state index contributed by atoms with van der Waals surface area (Å²) in [6.07, 6.45) is 11.0. The first-order chi connectivity index (χ1) is 18.0. The van der Waals surface area contributed by atoms with Crippen molar-refractivity contribution in [2.24, 2.45) is 0 Å². The number of carbonyl (C=O) groups is 2. The third-order valence-electron chi connectivity index (χ3n) is 6.98. The molecule has 2 aromatic rings. The van der Waals surface area contributed by atoms with Gasteiger partial charge in [0.05, 0.1) is 33.6 Å².